The molecule has 0 spiro atoms. The van der Waals surface area contributed by atoms with Crippen LogP contribution < -0.4 is 5.73 Å². The maximum absolute atomic E-state index is 10.8. The number of hydrogen-bond donors (Lipinski definition) is 2. The van der Waals surface area contributed by atoms with Crippen molar-refractivity contribution in [3.8, 4) is 0 Å². The van der Waals surface area contributed by atoms with E-state index in [1.54, 1.807) is 26.2 Å². The first-order valence-electron chi connectivity index (χ1n) is 4.20. The zero-order chi connectivity index (χ0) is 10.8. The summed E-state index contributed by atoms with van der Waals surface area (Å²) in [5.74, 6) is -1.03. The van der Waals surface area contributed by atoms with Crippen molar-refractivity contribution < 1.29 is 9.90 Å². The summed E-state index contributed by atoms with van der Waals surface area (Å²) in [5, 5.41) is 8.81. The third-order valence-electron chi connectivity index (χ3n) is 2.35. The van der Waals surface area contributed by atoms with Gasteiger partial charge in [0.2, 0.25) is 0 Å². The maximum atomic E-state index is 10.8. The minimum Gasteiger partial charge on any atom is -0.480 e. The smallest absolute Gasteiger partial charge is 0.321 e. The van der Waals surface area contributed by atoms with E-state index in [0.29, 0.717) is 0 Å². The van der Waals surface area contributed by atoms with Gasteiger partial charge < -0.3 is 10.8 Å². The molecule has 3 N–H and O–H groups in total. The van der Waals surface area contributed by atoms with Crippen molar-refractivity contribution in [1.29, 1.82) is 0 Å². The van der Waals surface area contributed by atoms with E-state index in [9.17, 15) is 4.79 Å². The molecule has 0 saturated heterocycles. The molecule has 0 aromatic carbocycles. The van der Waals surface area contributed by atoms with Crippen LogP contribution in [-0.2, 0) is 10.2 Å². The average Bonchev–Trinajstić information content (AvgIpc) is 2.18. The standard InChI is InChI=1S/C9H13N3O2/c1-9(2,7(10)8(13)14)6-3-11-5-12-4-6/h3-5,7H,10H2,1-2H3,(H,13,14). The fourth-order valence-electron chi connectivity index (χ4n) is 1.12. The summed E-state index contributed by atoms with van der Waals surface area (Å²) >= 11 is 0. The van der Waals surface area contributed by atoms with E-state index >= 15 is 0 Å². The van der Waals surface area contributed by atoms with Crippen LogP contribution >= 0.6 is 0 Å². The highest BCUT2D eigenvalue weighted by molar-refractivity contribution is 5.75. The van der Waals surface area contributed by atoms with Crippen molar-refractivity contribution in [2.75, 3.05) is 0 Å². The molecule has 1 aromatic heterocycles. The predicted octanol–water partition coefficient (Wildman–Crippen LogP) is 0.166. The Balaban J connectivity index is 3.02. The van der Waals surface area contributed by atoms with Crippen molar-refractivity contribution in [3.63, 3.8) is 0 Å². The zero-order valence-electron chi connectivity index (χ0n) is 8.14. The Hall–Kier alpha value is -1.49. The molecule has 14 heavy (non-hydrogen) atoms. The Morgan fingerprint density at radius 2 is 2.00 bits per heavy atom. The Bertz CT molecular complexity index is 324. The maximum Gasteiger partial charge on any atom is 0.321 e. The number of aromatic nitrogens is 2. The summed E-state index contributed by atoms with van der Waals surface area (Å²) in [4.78, 5) is 18.4. The Morgan fingerprint density at radius 1 is 1.50 bits per heavy atom. The Labute approximate surface area is 82.0 Å². The van der Waals surface area contributed by atoms with Gasteiger partial charge in [0.05, 0.1) is 0 Å². The molecular formula is C9H13N3O2. The van der Waals surface area contributed by atoms with Crippen molar-refractivity contribution in [1.82, 2.24) is 9.97 Å². The SMILES string of the molecule is CC(C)(c1cncnc1)C(N)C(=O)O. The summed E-state index contributed by atoms with van der Waals surface area (Å²) in [6, 6.07) is -0.964. The molecule has 0 aliphatic heterocycles. The summed E-state index contributed by atoms with van der Waals surface area (Å²) in [7, 11) is 0. The van der Waals surface area contributed by atoms with Crippen LogP contribution in [0.1, 0.15) is 19.4 Å². The summed E-state index contributed by atoms with van der Waals surface area (Å²) in [5.41, 5.74) is 5.62. The lowest BCUT2D eigenvalue weighted by atomic mass is 9.79. The zero-order valence-corrected chi connectivity index (χ0v) is 8.14. The lowest BCUT2D eigenvalue weighted by Gasteiger charge is -2.28. The second-order valence-electron chi connectivity index (χ2n) is 3.66. The normalized spacial score (nSPS) is 13.6. The van der Waals surface area contributed by atoms with E-state index in [1.165, 1.54) is 6.33 Å². The van der Waals surface area contributed by atoms with Crippen LogP contribution in [0.5, 0.6) is 0 Å². The fourth-order valence-corrected chi connectivity index (χ4v) is 1.12. The first kappa shape index (κ1) is 10.6. The number of hydrogen-bond acceptors (Lipinski definition) is 4. The van der Waals surface area contributed by atoms with Gasteiger partial charge in [-0.2, -0.15) is 0 Å². The van der Waals surface area contributed by atoms with Gasteiger partial charge in [0.15, 0.2) is 0 Å². The number of nitrogens with two attached hydrogens (primary N) is 1. The third kappa shape index (κ3) is 1.88. The molecule has 1 aromatic rings. The van der Waals surface area contributed by atoms with E-state index in [-0.39, 0.29) is 0 Å². The first-order chi connectivity index (χ1) is 6.46. The summed E-state index contributed by atoms with van der Waals surface area (Å²) in [6.45, 7) is 3.51. The minimum absolute atomic E-state index is 0.674. The van der Waals surface area contributed by atoms with Gasteiger partial charge in [-0.15, -0.1) is 0 Å². The van der Waals surface area contributed by atoms with Crippen LogP contribution in [0, 0.1) is 0 Å². The van der Waals surface area contributed by atoms with Gasteiger partial charge in [0.25, 0.3) is 0 Å². The number of aliphatic carboxylic acids is 1. The number of carboxylic acid groups (broad SMARTS) is 1. The molecule has 5 heteroatoms. The van der Waals surface area contributed by atoms with Crippen LogP contribution in [0.15, 0.2) is 18.7 Å². The highest BCUT2D eigenvalue weighted by atomic mass is 16.4. The molecule has 0 fully saturated rings. The topological polar surface area (TPSA) is 89.1 Å². The van der Waals surface area contributed by atoms with Gasteiger partial charge in [-0.1, -0.05) is 13.8 Å². The van der Waals surface area contributed by atoms with Crippen LogP contribution in [-0.4, -0.2) is 27.1 Å². The van der Waals surface area contributed by atoms with Gasteiger partial charge >= 0.3 is 5.97 Å². The average molecular weight is 195 g/mol. The van der Waals surface area contributed by atoms with Crippen molar-refractivity contribution in [2.45, 2.75) is 25.3 Å². The van der Waals surface area contributed by atoms with E-state index in [4.69, 9.17) is 10.8 Å². The molecule has 1 unspecified atom stereocenters. The van der Waals surface area contributed by atoms with E-state index in [1.807, 2.05) is 0 Å². The molecule has 0 radical (unpaired) electrons. The Morgan fingerprint density at radius 3 is 2.43 bits per heavy atom. The second-order valence-corrected chi connectivity index (χ2v) is 3.66. The number of carboxylic acids is 1. The van der Waals surface area contributed by atoms with E-state index < -0.39 is 17.4 Å². The number of rotatable bonds is 3. The molecular weight excluding hydrogens is 182 g/mol. The van der Waals surface area contributed by atoms with Gasteiger partial charge in [-0.05, 0) is 5.56 Å². The monoisotopic (exact) mass is 195 g/mol. The molecule has 1 heterocycles. The molecule has 0 amide bonds. The van der Waals surface area contributed by atoms with Gasteiger partial charge in [0.1, 0.15) is 12.4 Å². The molecule has 1 atom stereocenters. The van der Waals surface area contributed by atoms with Crippen molar-refractivity contribution in [2.24, 2.45) is 5.73 Å². The van der Waals surface area contributed by atoms with Crippen LogP contribution in [0.3, 0.4) is 0 Å². The van der Waals surface area contributed by atoms with Crippen molar-refractivity contribution in [3.05, 3.63) is 24.3 Å². The molecule has 0 aliphatic carbocycles. The quantitative estimate of drug-likeness (QED) is 0.717. The van der Waals surface area contributed by atoms with Gasteiger partial charge in [-0.25, -0.2) is 9.97 Å². The van der Waals surface area contributed by atoms with Crippen LogP contribution in [0.25, 0.3) is 0 Å². The minimum atomic E-state index is -1.03. The van der Waals surface area contributed by atoms with E-state index in [0.717, 1.165) is 5.56 Å². The molecule has 5 nitrogen and oxygen atoms in total. The predicted molar refractivity (Wildman–Crippen MR) is 50.7 cm³/mol. The molecule has 0 aliphatic rings. The highest BCUT2D eigenvalue weighted by Gasteiger charge is 2.34. The summed E-state index contributed by atoms with van der Waals surface area (Å²) < 4.78 is 0. The number of nitrogens with zero attached hydrogens (tertiary/aromatic N) is 2. The van der Waals surface area contributed by atoms with Crippen molar-refractivity contribution >= 4 is 5.97 Å². The first-order valence-corrected chi connectivity index (χ1v) is 4.20. The van der Waals surface area contributed by atoms with Crippen LogP contribution in [0.4, 0.5) is 0 Å². The van der Waals surface area contributed by atoms with Gasteiger partial charge in [0, 0.05) is 17.8 Å². The molecule has 76 valence electrons. The molecule has 0 saturated carbocycles. The van der Waals surface area contributed by atoms with E-state index in [2.05, 4.69) is 9.97 Å². The van der Waals surface area contributed by atoms with Crippen LogP contribution in [0.2, 0.25) is 0 Å². The third-order valence-corrected chi connectivity index (χ3v) is 2.35. The fraction of sp³-hybridized carbons (Fsp3) is 0.444. The summed E-state index contributed by atoms with van der Waals surface area (Å²) in [6.07, 6.45) is 4.55. The molecule has 1 rings (SSSR count). The largest absolute Gasteiger partial charge is 0.480 e. The lowest BCUT2D eigenvalue weighted by Crippen LogP contribution is -2.46. The molecule has 0 bridgehead atoms. The Kier molecular flexibility index (Phi) is 2.81. The van der Waals surface area contributed by atoms with Gasteiger partial charge in [-0.3, -0.25) is 4.79 Å². The second kappa shape index (κ2) is 3.71. The highest BCUT2D eigenvalue weighted by Crippen LogP contribution is 2.24. The lowest BCUT2D eigenvalue weighted by molar-refractivity contribution is -0.140. The number of carbonyl (C=O) groups is 1.